The van der Waals surface area contributed by atoms with Crippen molar-refractivity contribution in [3.05, 3.63) is 70.6 Å². The highest BCUT2D eigenvalue weighted by atomic mass is 16.5. The zero-order chi connectivity index (χ0) is 17.2. The minimum Gasteiger partial charge on any atom is -0.491 e. The van der Waals surface area contributed by atoms with Gasteiger partial charge in [-0.3, -0.25) is 14.2 Å². The van der Waals surface area contributed by atoms with Gasteiger partial charge in [0.1, 0.15) is 18.9 Å². The number of benzene rings is 2. The van der Waals surface area contributed by atoms with E-state index in [1.165, 1.54) is 10.8 Å². The van der Waals surface area contributed by atoms with Gasteiger partial charge in [0.25, 0.3) is 5.56 Å². The maximum Gasteiger partial charge on any atom is 0.269 e. The minimum atomic E-state index is -0.293. The number of aromatic nitrogens is 2. The quantitative estimate of drug-likeness (QED) is 0.787. The summed E-state index contributed by atoms with van der Waals surface area (Å²) in [4.78, 5) is 28.7. The molecule has 1 unspecified atom stereocenters. The highest BCUT2D eigenvalue weighted by Gasteiger charge is 2.21. The second kappa shape index (κ2) is 6.39. The molecular formula is C19H17N3O3. The van der Waals surface area contributed by atoms with Gasteiger partial charge in [-0.1, -0.05) is 30.3 Å². The fourth-order valence-electron chi connectivity index (χ4n) is 3.12. The van der Waals surface area contributed by atoms with E-state index in [0.717, 1.165) is 11.3 Å². The van der Waals surface area contributed by atoms with Gasteiger partial charge in [-0.2, -0.15) is 0 Å². The zero-order valence-corrected chi connectivity index (χ0v) is 13.5. The molecule has 1 N–H and O–H groups in total. The average Bonchev–Trinajstić information content (AvgIpc) is 2.64. The molecule has 6 heteroatoms. The lowest BCUT2D eigenvalue weighted by molar-refractivity contribution is -0.122. The Kier molecular flexibility index (Phi) is 3.93. The molecule has 0 saturated heterocycles. The van der Waals surface area contributed by atoms with Crippen LogP contribution in [0.3, 0.4) is 0 Å². The summed E-state index contributed by atoms with van der Waals surface area (Å²) < 4.78 is 7.13. The van der Waals surface area contributed by atoms with E-state index in [4.69, 9.17) is 4.74 Å². The number of rotatable bonds is 3. The first-order valence-corrected chi connectivity index (χ1v) is 8.15. The first-order chi connectivity index (χ1) is 12.2. The SMILES string of the molecule is O=C(Cn1c(=O)cnc2ccccc21)NC1COc2ccccc2C1. The Morgan fingerprint density at radius 1 is 1.20 bits per heavy atom. The molecular weight excluding hydrogens is 318 g/mol. The number of carbonyl (C=O) groups excluding carboxylic acids is 1. The normalized spacial score (nSPS) is 16.1. The van der Waals surface area contributed by atoms with Crippen molar-refractivity contribution in [3.8, 4) is 5.75 Å². The molecule has 1 atom stereocenters. The van der Waals surface area contributed by atoms with E-state index < -0.39 is 0 Å². The molecule has 2 aromatic carbocycles. The average molecular weight is 335 g/mol. The molecule has 0 radical (unpaired) electrons. The summed E-state index contributed by atoms with van der Waals surface area (Å²) >= 11 is 0. The number of fused-ring (bicyclic) bond motifs is 2. The second-order valence-corrected chi connectivity index (χ2v) is 6.06. The van der Waals surface area contributed by atoms with E-state index in [1.54, 1.807) is 6.07 Å². The molecule has 4 rings (SSSR count). The third kappa shape index (κ3) is 3.10. The maximum absolute atomic E-state index is 12.4. The van der Waals surface area contributed by atoms with Gasteiger partial charge in [0.2, 0.25) is 5.91 Å². The van der Waals surface area contributed by atoms with Crippen molar-refractivity contribution in [3.63, 3.8) is 0 Å². The van der Waals surface area contributed by atoms with Gasteiger partial charge in [0.15, 0.2) is 0 Å². The van der Waals surface area contributed by atoms with E-state index in [-0.39, 0.29) is 24.1 Å². The van der Waals surface area contributed by atoms with Crippen LogP contribution < -0.4 is 15.6 Å². The lowest BCUT2D eigenvalue weighted by Crippen LogP contribution is -2.44. The number of ether oxygens (including phenoxy) is 1. The molecule has 1 aliphatic heterocycles. The largest absolute Gasteiger partial charge is 0.491 e. The Labute approximate surface area is 144 Å². The molecule has 1 amide bonds. The predicted octanol–water partition coefficient (Wildman–Crippen LogP) is 1.52. The van der Waals surface area contributed by atoms with Crippen LogP contribution in [-0.2, 0) is 17.8 Å². The van der Waals surface area contributed by atoms with Crippen LogP contribution in [0.15, 0.2) is 59.5 Å². The summed E-state index contributed by atoms with van der Waals surface area (Å²) in [7, 11) is 0. The van der Waals surface area contributed by atoms with E-state index in [1.807, 2.05) is 42.5 Å². The molecule has 6 nitrogen and oxygen atoms in total. The molecule has 1 aromatic heterocycles. The van der Waals surface area contributed by atoms with E-state index in [9.17, 15) is 9.59 Å². The Balaban J connectivity index is 1.50. The molecule has 0 saturated carbocycles. The molecule has 25 heavy (non-hydrogen) atoms. The topological polar surface area (TPSA) is 73.2 Å². The summed E-state index contributed by atoms with van der Waals surface area (Å²) in [5.41, 5.74) is 2.12. The van der Waals surface area contributed by atoms with Gasteiger partial charge in [-0.25, -0.2) is 4.98 Å². The number of para-hydroxylation sites is 3. The summed E-state index contributed by atoms with van der Waals surface area (Å²) in [5.74, 6) is 0.649. The van der Waals surface area contributed by atoms with Gasteiger partial charge in [-0.05, 0) is 30.2 Å². The molecule has 2 heterocycles. The first kappa shape index (κ1) is 15.4. The third-order valence-electron chi connectivity index (χ3n) is 4.30. The van der Waals surface area contributed by atoms with Crippen LogP contribution in [0, 0.1) is 0 Å². The molecule has 126 valence electrons. The van der Waals surface area contributed by atoms with Crippen molar-refractivity contribution < 1.29 is 9.53 Å². The van der Waals surface area contributed by atoms with E-state index >= 15 is 0 Å². The summed E-state index contributed by atoms with van der Waals surface area (Å²) in [6.45, 7) is 0.384. The number of nitrogens with one attached hydrogen (secondary N) is 1. The Hall–Kier alpha value is -3.15. The van der Waals surface area contributed by atoms with Crippen molar-refractivity contribution in [2.75, 3.05) is 6.61 Å². The molecule has 3 aromatic rings. The summed E-state index contributed by atoms with van der Waals surface area (Å²) in [5, 5.41) is 2.96. The van der Waals surface area contributed by atoms with Crippen molar-refractivity contribution in [2.45, 2.75) is 19.0 Å². The van der Waals surface area contributed by atoms with Gasteiger partial charge in [0.05, 0.1) is 23.3 Å². The highest BCUT2D eigenvalue weighted by molar-refractivity contribution is 5.80. The fourth-order valence-corrected chi connectivity index (χ4v) is 3.12. The standard InChI is InChI=1S/C19H17N3O3/c23-18(21-14-9-13-5-1-4-8-17(13)25-12-14)11-22-16-7-3-2-6-15(16)20-10-19(22)24/h1-8,10,14H,9,11-12H2,(H,21,23). The number of hydrogen-bond donors (Lipinski definition) is 1. The predicted molar refractivity (Wildman–Crippen MR) is 93.6 cm³/mol. The van der Waals surface area contributed by atoms with E-state index in [0.29, 0.717) is 24.1 Å². The van der Waals surface area contributed by atoms with Crippen LogP contribution in [0.2, 0.25) is 0 Å². The number of carbonyl (C=O) groups is 1. The third-order valence-corrected chi connectivity index (χ3v) is 4.30. The van der Waals surface area contributed by atoms with Crippen LogP contribution in [-0.4, -0.2) is 28.1 Å². The van der Waals surface area contributed by atoms with Crippen LogP contribution >= 0.6 is 0 Å². The van der Waals surface area contributed by atoms with Gasteiger partial charge in [0, 0.05) is 0 Å². The number of nitrogens with zero attached hydrogens (tertiary/aromatic N) is 2. The van der Waals surface area contributed by atoms with Crippen molar-refractivity contribution in [1.82, 2.24) is 14.9 Å². The summed E-state index contributed by atoms with van der Waals surface area (Å²) in [6, 6.07) is 15.0. The van der Waals surface area contributed by atoms with Crippen molar-refractivity contribution in [1.29, 1.82) is 0 Å². The molecule has 0 bridgehead atoms. The van der Waals surface area contributed by atoms with Gasteiger partial charge >= 0.3 is 0 Å². The summed E-state index contributed by atoms with van der Waals surface area (Å²) in [6.07, 6.45) is 1.96. The molecule has 0 spiro atoms. The van der Waals surface area contributed by atoms with Crippen molar-refractivity contribution >= 4 is 16.9 Å². The molecule has 0 aliphatic carbocycles. The molecule has 1 aliphatic rings. The smallest absolute Gasteiger partial charge is 0.269 e. The Morgan fingerprint density at radius 2 is 2.00 bits per heavy atom. The number of hydrogen-bond acceptors (Lipinski definition) is 4. The van der Waals surface area contributed by atoms with Crippen LogP contribution in [0.4, 0.5) is 0 Å². The van der Waals surface area contributed by atoms with Crippen molar-refractivity contribution in [2.24, 2.45) is 0 Å². The lowest BCUT2D eigenvalue weighted by atomic mass is 10.0. The van der Waals surface area contributed by atoms with E-state index in [2.05, 4.69) is 10.3 Å². The number of amides is 1. The fraction of sp³-hybridized carbons (Fsp3) is 0.211. The zero-order valence-electron chi connectivity index (χ0n) is 13.5. The Morgan fingerprint density at radius 3 is 2.92 bits per heavy atom. The van der Waals surface area contributed by atoms with Crippen LogP contribution in [0.25, 0.3) is 11.0 Å². The van der Waals surface area contributed by atoms with Gasteiger partial charge < -0.3 is 10.1 Å². The van der Waals surface area contributed by atoms with Crippen LogP contribution in [0.1, 0.15) is 5.56 Å². The monoisotopic (exact) mass is 335 g/mol. The minimum absolute atomic E-state index is 0.0417. The van der Waals surface area contributed by atoms with Gasteiger partial charge in [-0.15, -0.1) is 0 Å². The lowest BCUT2D eigenvalue weighted by Gasteiger charge is -2.26. The second-order valence-electron chi connectivity index (χ2n) is 6.06. The Bertz CT molecular complexity index is 996. The maximum atomic E-state index is 12.4. The van der Waals surface area contributed by atoms with Crippen LogP contribution in [0.5, 0.6) is 5.75 Å². The first-order valence-electron chi connectivity index (χ1n) is 8.15. The highest BCUT2D eigenvalue weighted by Crippen LogP contribution is 2.23. The molecule has 0 fully saturated rings.